The lowest BCUT2D eigenvalue weighted by molar-refractivity contribution is 0.768. The van der Waals surface area contributed by atoms with Gasteiger partial charge in [0.15, 0.2) is 0 Å². The molecule has 1 aliphatic carbocycles. The van der Waals surface area contributed by atoms with E-state index in [0.717, 1.165) is 45.6 Å². The highest BCUT2D eigenvalue weighted by Gasteiger charge is 2.47. The van der Waals surface area contributed by atoms with Gasteiger partial charge in [-0.25, -0.2) is 0 Å². The third-order valence-corrected chi connectivity index (χ3v) is 12.3. The zero-order valence-electron chi connectivity index (χ0n) is 30.9. The maximum absolute atomic E-state index is 6.73. The third kappa shape index (κ3) is 4.90. The molecule has 0 bridgehead atoms. The number of aromatic nitrogens is 3. The van der Waals surface area contributed by atoms with E-state index in [1.165, 1.54) is 55.5 Å². The number of nitrogens with one attached hydrogen (secondary N) is 1. The zero-order chi connectivity index (χ0) is 38.1. The molecule has 3 N–H and O–H groups in total. The van der Waals surface area contributed by atoms with Crippen LogP contribution in [0.1, 0.15) is 39.1 Å². The van der Waals surface area contributed by atoms with Crippen LogP contribution in [0.4, 0.5) is 5.82 Å². The summed E-state index contributed by atoms with van der Waals surface area (Å²) >= 11 is 2.23. The van der Waals surface area contributed by atoms with Crippen LogP contribution in [0.25, 0.3) is 67.7 Å². The Morgan fingerprint density at radius 1 is 0.667 bits per heavy atom. The van der Waals surface area contributed by atoms with Gasteiger partial charge in [-0.3, -0.25) is 9.55 Å². The van der Waals surface area contributed by atoms with E-state index in [1.54, 1.807) is 0 Å². The second-order valence-corrected chi connectivity index (χ2v) is 15.4. The lowest BCUT2D eigenvalue weighted by atomic mass is 9.67. The maximum Gasteiger partial charge on any atom is 0.118 e. The summed E-state index contributed by atoms with van der Waals surface area (Å²) in [4.78, 5) is 4.65. The largest absolute Gasteiger partial charge is 0.385 e. The predicted molar refractivity (Wildman–Crippen MR) is 244 cm³/mol. The van der Waals surface area contributed by atoms with Crippen LogP contribution in [0.5, 0.6) is 0 Å². The quantitative estimate of drug-likeness (QED) is 0.164. The zero-order valence-corrected chi connectivity index (χ0v) is 33.1. The first-order chi connectivity index (χ1) is 28.2. The average molecular weight is 846 g/mol. The Hall–Kier alpha value is -6.64. The van der Waals surface area contributed by atoms with Crippen LogP contribution in [-0.4, -0.2) is 14.1 Å². The smallest absolute Gasteiger partial charge is 0.118 e. The molecule has 11 rings (SSSR count). The molecule has 57 heavy (non-hydrogen) atoms. The molecule has 272 valence electrons. The molecule has 6 heteroatoms. The first-order valence-corrected chi connectivity index (χ1v) is 20.5. The van der Waals surface area contributed by atoms with E-state index >= 15 is 0 Å². The highest BCUT2D eigenvalue weighted by Crippen LogP contribution is 2.58. The molecule has 2 aliphatic rings. The Kier molecular flexibility index (Phi) is 7.83. The van der Waals surface area contributed by atoms with Crippen LogP contribution >= 0.6 is 22.6 Å². The summed E-state index contributed by atoms with van der Waals surface area (Å²) in [6, 6.07) is 57.6. The molecule has 9 aromatic rings. The molecule has 0 spiro atoms. The van der Waals surface area contributed by atoms with Crippen LogP contribution in [0.2, 0.25) is 0 Å². The second-order valence-electron chi connectivity index (χ2n) is 14.7. The number of pyridine rings is 1. The van der Waals surface area contributed by atoms with E-state index < -0.39 is 5.41 Å². The molecule has 0 radical (unpaired) electrons. The number of hydrogen-bond acceptors (Lipinski definition) is 3. The molecular formula is C51H36IN5. The number of halogens is 1. The highest BCUT2D eigenvalue weighted by molar-refractivity contribution is 14.1. The highest BCUT2D eigenvalue weighted by atomic mass is 127. The third-order valence-electron chi connectivity index (χ3n) is 11.9. The van der Waals surface area contributed by atoms with Crippen LogP contribution in [0.15, 0.2) is 174 Å². The van der Waals surface area contributed by atoms with Gasteiger partial charge in [-0.15, -0.1) is 0 Å². The van der Waals surface area contributed by atoms with Gasteiger partial charge in [-0.1, -0.05) is 144 Å². The molecule has 0 saturated heterocycles. The van der Waals surface area contributed by atoms with Crippen molar-refractivity contribution in [2.75, 3.05) is 5.73 Å². The fourth-order valence-corrected chi connectivity index (χ4v) is 9.95. The van der Waals surface area contributed by atoms with E-state index in [-0.39, 0.29) is 0 Å². The van der Waals surface area contributed by atoms with E-state index in [9.17, 15) is 0 Å². The summed E-state index contributed by atoms with van der Waals surface area (Å²) in [5.74, 6) is 0.680. The SMILES string of the molecule is Nc1c(/C=C\I)c2ncccc2n1-c1ccc(-c2ccc(-n3c4c(c5ccc6c(c53)-c3ccccc3C6(c3ccccc3)c3ccccc3)C=CNC4)cc2)cc1. The Morgan fingerprint density at radius 3 is 2.00 bits per heavy atom. The molecule has 6 aromatic carbocycles. The van der Waals surface area contributed by atoms with Gasteiger partial charge in [0.05, 0.1) is 34.2 Å². The van der Waals surface area contributed by atoms with Crippen molar-refractivity contribution in [1.82, 2.24) is 19.4 Å². The van der Waals surface area contributed by atoms with Crippen LogP contribution in [0, 0.1) is 0 Å². The Balaban J connectivity index is 1.07. The van der Waals surface area contributed by atoms with Crippen molar-refractivity contribution in [3.8, 4) is 33.6 Å². The topological polar surface area (TPSA) is 60.8 Å². The number of hydrogen-bond donors (Lipinski definition) is 2. The van der Waals surface area contributed by atoms with Crippen LogP contribution in [-0.2, 0) is 12.0 Å². The summed E-state index contributed by atoms with van der Waals surface area (Å²) in [6.07, 6.45) is 8.16. The molecule has 3 aromatic heterocycles. The van der Waals surface area contributed by atoms with Crippen LogP contribution < -0.4 is 11.1 Å². The Labute approximate surface area is 344 Å². The number of rotatable bonds is 6. The Morgan fingerprint density at radius 2 is 1.32 bits per heavy atom. The van der Waals surface area contributed by atoms with Crippen molar-refractivity contribution in [2.45, 2.75) is 12.0 Å². The number of nitrogens with two attached hydrogens (primary N) is 1. The lowest BCUT2D eigenvalue weighted by Gasteiger charge is -2.33. The summed E-state index contributed by atoms with van der Waals surface area (Å²) in [5.41, 5.74) is 25.0. The molecule has 0 atom stereocenters. The minimum absolute atomic E-state index is 0.468. The van der Waals surface area contributed by atoms with Crippen molar-refractivity contribution in [3.05, 3.63) is 213 Å². The van der Waals surface area contributed by atoms with Gasteiger partial charge in [0.2, 0.25) is 0 Å². The number of nitrogen functional groups attached to an aromatic ring is 1. The van der Waals surface area contributed by atoms with E-state index in [1.807, 2.05) is 22.4 Å². The van der Waals surface area contributed by atoms with Crippen molar-refractivity contribution < 1.29 is 0 Å². The average Bonchev–Trinajstić information content (AvgIpc) is 3.88. The first-order valence-electron chi connectivity index (χ1n) is 19.2. The molecule has 1 aliphatic heterocycles. The molecule has 5 nitrogen and oxygen atoms in total. The summed E-state index contributed by atoms with van der Waals surface area (Å²) in [7, 11) is 0. The normalized spacial score (nSPS) is 13.8. The predicted octanol–water partition coefficient (Wildman–Crippen LogP) is 12.1. The summed E-state index contributed by atoms with van der Waals surface area (Å²) < 4.78 is 6.57. The van der Waals surface area contributed by atoms with Gasteiger partial charge in [0, 0.05) is 39.6 Å². The van der Waals surface area contributed by atoms with Crippen LogP contribution in [0.3, 0.4) is 0 Å². The van der Waals surface area contributed by atoms with Gasteiger partial charge in [-0.05, 0) is 97.8 Å². The van der Waals surface area contributed by atoms with Gasteiger partial charge in [-0.2, -0.15) is 0 Å². The van der Waals surface area contributed by atoms with Crippen molar-refractivity contribution in [3.63, 3.8) is 0 Å². The number of fused-ring (bicyclic) bond motifs is 8. The molecule has 0 unspecified atom stereocenters. The molecule has 0 amide bonds. The van der Waals surface area contributed by atoms with E-state index in [0.29, 0.717) is 5.82 Å². The molecule has 0 saturated carbocycles. The molecule has 4 heterocycles. The first kappa shape index (κ1) is 33.7. The minimum atomic E-state index is -0.468. The number of benzene rings is 6. The lowest BCUT2D eigenvalue weighted by Crippen LogP contribution is -2.28. The van der Waals surface area contributed by atoms with Gasteiger partial charge in [0.25, 0.3) is 0 Å². The fourth-order valence-electron chi connectivity index (χ4n) is 9.59. The van der Waals surface area contributed by atoms with Crippen molar-refractivity contribution in [1.29, 1.82) is 0 Å². The summed E-state index contributed by atoms with van der Waals surface area (Å²) in [6.45, 7) is 0.741. The molecule has 0 fully saturated rings. The second kappa shape index (κ2) is 13.2. The fraction of sp³-hybridized carbons (Fsp3) is 0.0392. The maximum atomic E-state index is 6.73. The molecular weight excluding hydrogens is 809 g/mol. The van der Waals surface area contributed by atoms with Crippen molar-refractivity contribution in [2.24, 2.45) is 0 Å². The monoisotopic (exact) mass is 845 g/mol. The number of anilines is 1. The van der Waals surface area contributed by atoms with E-state index in [4.69, 9.17) is 5.73 Å². The minimum Gasteiger partial charge on any atom is -0.385 e. The van der Waals surface area contributed by atoms with Gasteiger partial charge in [0.1, 0.15) is 5.82 Å². The Bertz CT molecular complexity index is 3020. The van der Waals surface area contributed by atoms with Crippen molar-refractivity contribution >= 4 is 62.5 Å². The van der Waals surface area contributed by atoms with Gasteiger partial charge >= 0.3 is 0 Å². The standard InChI is InChI=1S/C51H36IN5/c52-29-27-42-48-45(16-9-30-55-48)57(50(42)53)38-23-19-34(20-24-38)33-17-21-37(22-18-33)56-46-32-54-31-28-39(46)40-25-26-44-47(49(40)56)41-14-7-8-15-43(41)51(44,35-10-3-1-4-11-35)36-12-5-2-6-13-36/h1-31,54H,32,53H2/b29-27-. The number of nitrogens with zero attached hydrogens (tertiary/aromatic N) is 3. The summed E-state index contributed by atoms with van der Waals surface area (Å²) in [5, 5.41) is 4.79. The van der Waals surface area contributed by atoms with E-state index in [2.05, 4.69) is 206 Å². The van der Waals surface area contributed by atoms with Gasteiger partial charge < -0.3 is 15.6 Å².